The summed E-state index contributed by atoms with van der Waals surface area (Å²) in [6.45, 7) is 6.40. The second kappa shape index (κ2) is 9.01. The molecule has 3 rings (SSSR count). The molecule has 1 saturated heterocycles. The van der Waals surface area contributed by atoms with Gasteiger partial charge in [-0.15, -0.1) is 0 Å². The van der Waals surface area contributed by atoms with Gasteiger partial charge in [-0.25, -0.2) is 0 Å². The molecule has 0 spiro atoms. The maximum absolute atomic E-state index is 6.51. The molecular formula is C20H25ClN2O3. The third-order valence-electron chi connectivity index (χ3n) is 4.35. The molecule has 26 heavy (non-hydrogen) atoms. The second-order valence-corrected chi connectivity index (χ2v) is 6.41. The van der Waals surface area contributed by atoms with Crippen LogP contribution in [0.3, 0.4) is 0 Å². The van der Waals surface area contributed by atoms with Gasteiger partial charge in [0.25, 0.3) is 0 Å². The van der Waals surface area contributed by atoms with Gasteiger partial charge >= 0.3 is 0 Å². The van der Waals surface area contributed by atoms with E-state index in [0.717, 1.165) is 59.8 Å². The Balaban J connectivity index is 1.71. The first-order valence-electron chi connectivity index (χ1n) is 8.87. The Morgan fingerprint density at radius 1 is 1.19 bits per heavy atom. The van der Waals surface area contributed by atoms with Crippen LogP contribution in [0.4, 0.5) is 11.4 Å². The molecule has 0 aliphatic carbocycles. The van der Waals surface area contributed by atoms with E-state index in [2.05, 4.69) is 22.3 Å². The fourth-order valence-corrected chi connectivity index (χ4v) is 3.34. The van der Waals surface area contributed by atoms with Crippen LogP contribution in [-0.4, -0.2) is 40.0 Å². The van der Waals surface area contributed by atoms with Gasteiger partial charge in [0.2, 0.25) is 0 Å². The topological polar surface area (TPSA) is 43.0 Å². The predicted octanol–water partition coefficient (Wildman–Crippen LogP) is 4.20. The molecule has 1 N–H and O–H groups in total. The highest BCUT2D eigenvalue weighted by molar-refractivity contribution is 6.33. The Morgan fingerprint density at radius 2 is 2.00 bits per heavy atom. The van der Waals surface area contributed by atoms with E-state index < -0.39 is 0 Å². The lowest BCUT2D eigenvalue weighted by Gasteiger charge is -2.29. The average Bonchev–Trinajstić information content (AvgIpc) is 2.68. The summed E-state index contributed by atoms with van der Waals surface area (Å²) in [4.78, 5) is 2.25. The van der Waals surface area contributed by atoms with Gasteiger partial charge in [0.05, 0.1) is 37.6 Å². The molecule has 0 aromatic heterocycles. The highest BCUT2D eigenvalue weighted by atomic mass is 35.5. The third kappa shape index (κ3) is 4.34. The third-order valence-corrected chi connectivity index (χ3v) is 4.65. The van der Waals surface area contributed by atoms with Crippen molar-refractivity contribution in [3.05, 3.63) is 47.0 Å². The second-order valence-electron chi connectivity index (χ2n) is 6.00. The molecule has 1 aliphatic rings. The van der Waals surface area contributed by atoms with Crippen molar-refractivity contribution in [3.63, 3.8) is 0 Å². The highest BCUT2D eigenvalue weighted by Crippen LogP contribution is 2.33. The fourth-order valence-electron chi connectivity index (χ4n) is 3.04. The molecule has 140 valence electrons. The number of para-hydroxylation sites is 1. The van der Waals surface area contributed by atoms with Crippen molar-refractivity contribution in [2.24, 2.45) is 0 Å². The average molecular weight is 377 g/mol. The Bertz CT molecular complexity index is 733. The zero-order valence-corrected chi connectivity index (χ0v) is 16.0. The van der Waals surface area contributed by atoms with Gasteiger partial charge in [-0.3, -0.25) is 0 Å². The smallest absolute Gasteiger partial charge is 0.166 e. The molecule has 1 aliphatic heterocycles. The van der Waals surface area contributed by atoms with Crippen LogP contribution in [0.15, 0.2) is 36.4 Å². The number of hydrogen-bond donors (Lipinski definition) is 1. The first-order valence-corrected chi connectivity index (χ1v) is 9.25. The van der Waals surface area contributed by atoms with Crippen molar-refractivity contribution >= 4 is 23.0 Å². The highest BCUT2D eigenvalue weighted by Gasteiger charge is 2.15. The Labute approximate surface area is 159 Å². The molecule has 5 nitrogen and oxygen atoms in total. The Morgan fingerprint density at radius 3 is 2.69 bits per heavy atom. The van der Waals surface area contributed by atoms with Gasteiger partial charge in [-0.1, -0.05) is 23.7 Å². The van der Waals surface area contributed by atoms with Gasteiger partial charge < -0.3 is 24.4 Å². The van der Waals surface area contributed by atoms with E-state index in [0.29, 0.717) is 13.2 Å². The number of nitrogens with one attached hydrogen (secondary N) is 1. The zero-order chi connectivity index (χ0) is 18.4. The summed E-state index contributed by atoms with van der Waals surface area (Å²) in [7, 11) is 1.65. The number of anilines is 2. The SMILES string of the molecule is CCOc1c(CNc2ccc(N3CCOCC3)c(Cl)c2)cccc1OC. The molecule has 1 heterocycles. The maximum atomic E-state index is 6.51. The number of morpholine rings is 1. The van der Waals surface area contributed by atoms with E-state index in [1.807, 2.05) is 31.2 Å². The molecule has 0 radical (unpaired) electrons. The summed E-state index contributed by atoms with van der Waals surface area (Å²) < 4.78 is 16.6. The summed E-state index contributed by atoms with van der Waals surface area (Å²) in [6, 6.07) is 12.0. The summed E-state index contributed by atoms with van der Waals surface area (Å²) in [5, 5.41) is 4.16. The molecular weight excluding hydrogens is 352 g/mol. The maximum Gasteiger partial charge on any atom is 0.166 e. The molecule has 2 aromatic carbocycles. The monoisotopic (exact) mass is 376 g/mol. The van der Waals surface area contributed by atoms with Crippen LogP contribution in [0.2, 0.25) is 5.02 Å². The van der Waals surface area contributed by atoms with E-state index >= 15 is 0 Å². The van der Waals surface area contributed by atoms with Gasteiger partial charge in [-0.2, -0.15) is 0 Å². The first-order chi connectivity index (χ1) is 12.7. The molecule has 6 heteroatoms. The molecule has 0 bridgehead atoms. The molecule has 0 saturated carbocycles. The molecule has 2 aromatic rings. The van der Waals surface area contributed by atoms with Crippen molar-refractivity contribution in [2.75, 3.05) is 50.2 Å². The van der Waals surface area contributed by atoms with Crippen molar-refractivity contribution in [3.8, 4) is 11.5 Å². The van der Waals surface area contributed by atoms with Gasteiger partial charge in [-0.05, 0) is 31.2 Å². The van der Waals surface area contributed by atoms with Crippen molar-refractivity contribution < 1.29 is 14.2 Å². The van der Waals surface area contributed by atoms with Crippen molar-refractivity contribution in [1.82, 2.24) is 0 Å². The van der Waals surface area contributed by atoms with Crippen molar-refractivity contribution in [1.29, 1.82) is 0 Å². The van der Waals surface area contributed by atoms with E-state index in [4.69, 9.17) is 25.8 Å². The lowest BCUT2D eigenvalue weighted by molar-refractivity contribution is 0.122. The Hall–Kier alpha value is -2.11. The quantitative estimate of drug-likeness (QED) is 0.784. The van der Waals surface area contributed by atoms with Gasteiger partial charge in [0, 0.05) is 30.9 Å². The van der Waals surface area contributed by atoms with Crippen LogP contribution in [0.1, 0.15) is 12.5 Å². The predicted molar refractivity (Wildman–Crippen MR) is 106 cm³/mol. The molecule has 0 amide bonds. The zero-order valence-electron chi connectivity index (χ0n) is 15.3. The summed E-state index contributed by atoms with van der Waals surface area (Å²) in [5.74, 6) is 1.52. The van der Waals surface area contributed by atoms with Crippen LogP contribution < -0.4 is 19.7 Å². The van der Waals surface area contributed by atoms with E-state index in [-0.39, 0.29) is 0 Å². The number of nitrogens with zero attached hydrogens (tertiary/aromatic N) is 1. The van der Waals surface area contributed by atoms with Crippen LogP contribution in [0.5, 0.6) is 11.5 Å². The fraction of sp³-hybridized carbons (Fsp3) is 0.400. The Kier molecular flexibility index (Phi) is 6.47. The molecule has 0 atom stereocenters. The summed E-state index contributed by atoms with van der Waals surface area (Å²) >= 11 is 6.51. The number of rotatable bonds is 7. The number of hydrogen-bond acceptors (Lipinski definition) is 5. The summed E-state index contributed by atoms with van der Waals surface area (Å²) in [6.07, 6.45) is 0. The largest absolute Gasteiger partial charge is 0.493 e. The van der Waals surface area contributed by atoms with E-state index in [1.165, 1.54) is 0 Å². The van der Waals surface area contributed by atoms with Crippen LogP contribution in [0.25, 0.3) is 0 Å². The van der Waals surface area contributed by atoms with Crippen molar-refractivity contribution in [2.45, 2.75) is 13.5 Å². The number of benzene rings is 2. The lowest BCUT2D eigenvalue weighted by Crippen LogP contribution is -2.36. The normalized spacial score (nSPS) is 14.2. The van der Waals surface area contributed by atoms with Gasteiger partial charge in [0.1, 0.15) is 0 Å². The van der Waals surface area contributed by atoms with Crippen LogP contribution >= 0.6 is 11.6 Å². The first kappa shape index (κ1) is 18.7. The molecule has 1 fully saturated rings. The standard InChI is InChI=1S/C20H25ClN2O3/c1-3-26-20-15(5-4-6-19(20)24-2)14-22-16-7-8-18(17(21)13-16)23-9-11-25-12-10-23/h4-8,13,22H,3,9-12,14H2,1-2H3. The van der Waals surface area contributed by atoms with E-state index in [9.17, 15) is 0 Å². The number of ether oxygens (including phenoxy) is 3. The van der Waals surface area contributed by atoms with E-state index in [1.54, 1.807) is 7.11 Å². The summed E-state index contributed by atoms with van der Waals surface area (Å²) in [5.41, 5.74) is 3.06. The van der Waals surface area contributed by atoms with Gasteiger partial charge in [0.15, 0.2) is 11.5 Å². The minimum atomic E-state index is 0.591. The van der Waals surface area contributed by atoms with Crippen LogP contribution in [0, 0.1) is 0 Å². The number of methoxy groups -OCH3 is 1. The lowest BCUT2D eigenvalue weighted by atomic mass is 10.1. The molecule has 0 unspecified atom stereocenters. The minimum Gasteiger partial charge on any atom is -0.493 e. The van der Waals surface area contributed by atoms with Crippen LogP contribution in [-0.2, 0) is 11.3 Å². The number of halogens is 1. The minimum absolute atomic E-state index is 0.591.